The number of H-pyrrole nitrogens is 1. The van der Waals surface area contributed by atoms with Crippen molar-refractivity contribution in [1.29, 1.82) is 0 Å². The zero-order chi connectivity index (χ0) is 21.4. The molecule has 0 spiro atoms. The first-order chi connectivity index (χ1) is 15.0. The van der Waals surface area contributed by atoms with Gasteiger partial charge in [-0.05, 0) is 24.3 Å². The molecule has 1 N–H and O–H groups in total. The average Bonchev–Trinajstić information content (AvgIpc) is 3.31. The number of para-hydroxylation sites is 2. The molecule has 0 atom stereocenters. The lowest BCUT2D eigenvalue weighted by atomic mass is 9.61. The molecule has 6 aromatic rings. The maximum atomic E-state index is 6.44. The first-order valence-corrected chi connectivity index (χ1v) is 9.92. The summed E-state index contributed by atoms with van der Waals surface area (Å²) in [6, 6.07) is 20.7. The highest BCUT2D eigenvalue weighted by atomic mass is 15.0. The number of hydrogen-bond donors (Lipinski definition) is 1. The highest BCUT2D eigenvalue weighted by Gasteiger charge is 2.19. The summed E-state index contributed by atoms with van der Waals surface area (Å²) < 4.78 is 2.03. The van der Waals surface area contributed by atoms with Gasteiger partial charge in [-0.1, -0.05) is 47.3 Å². The minimum Gasteiger partial charge on any atom is -0.354 e. The fourth-order valence-electron chi connectivity index (χ4n) is 4.63. The number of benzene rings is 4. The summed E-state index contributed by atoms with van der Waals surface area (Å²) in [7, 11) is 31.3. The third kappa shape index (κ3) is 2.41. The van der Waals surface area contributed by atoms with Gasteiger partial charge in [-0.2, -0.15) is 0 Å². The van der Waals surface area contributed by atoms with Crippen LogP contribution >= 0.6 is 0 Å². The van der Waals surface area contributed by atoms with Crippen molar-refractivity contribution in [2.45, 2.75) is 0 Å². The van der Waals surface area contributed by atoms with E-state index in [4.69, 9.17) is 39.2 Å². The van der Waals surface area contributed by atoms with E-state index in [1.54, 1.807) is 0 Å². The van der Waals surface area contributed by atoms with Crippen LogP contribution in [0.15, 0.2) is 60.7 Å². The Balaban J connectivity index is 1.86. The molecule has 0 aliphatic heterocycles. The van der Waals surface area contributed by atoms with Crippen molar-refractivity contribution < 1.29 is 0 Å². The second-order valence-electron chi connectivity index (χ2n) is 7.86. The van der Waals surface area contributed by atoms with Crippen LogP contribution in [0, 0.1) is 0 Å². The highest BCUT2D eigenvalue weighted by molar-refractivity contribution is 6.68. The van der Waals surface area contributed by atoms with E-state index >= 15 is 0 Å². The van der Waals surface area contributed by atoms with Crippen LogP contribution in [0.1, 0.15) is 0 Å². The lowest BCUT2D eigenvalue weighted by molar-refractivity contribution is 1.21. The van der Waals surface area contributed by atoms with E-state index in [9.17, 15) is 0 Å². The van der Waals surface area contributed by atoms with Crippen molar-refractivity contribution in [3.63, 3.8) is 0 Å². The minimum atomic E-state index is 0.207. The Bertz CT molecular complexity index is 1660. The Morgan fingerprint density at radius 1 is 0.516 bits per heavy atom. The Morgan fingerprint density at radius 2 is 1.13 bits per heavy atom. The molecule has 0 unspecified atom stereocenters. The summed E-state index contributed by atoms with van der Waals surface area (Å²) in [6.45, 7) is 0. The van der Waals surface area contributed by atoms with Gasteiger partial charge in [-0.15, -0.1) is 16.4 Å². The Labute approximate surface area is 186 Å². The van der Waals surface area contributed by atoms with Crippen molar-refractivity contribution in [2.75, 3.05) is 0 Å². The third-order valence-electron chi connectivity index (χ3n) is 6.19. The number of fused-ring (bicyclic) bond motifs is 6. The maximum Gasteiger partial charge on any atom is 0.115 e. The van der Waals surface area contributed by atoms with Gasteiger partial charge in [0.2, 0.25) is 0 Å². The van der Waals surface area contributed by atoms with Crippen LogP contribution in [0.2, 0.25) is 0 Å². The summed E-state index contributed by atoms with van der Waals surface area (Å²) >= 11 is 0. The normalized spacial score (nSPS) is 11.9. The van der Waals surface area contributed by atoms with Gasteiger partial charge in [-0.25, -0.2) is 0 Å². The molecule has 31 heavy (non-hydrogen) atoms. The van der Waals surface area contributed by atoms with E-state index < -0.39 is 0 Å². The number of nitrogens with zero attached hydrogens (tertiary/aromatic N) is 1. The highest BCUT2D eigenvalue weighted by Crippen LogP contribution is 2.36. The fourth-order valence-corrected chi connectivity index (χ4v) is 4.63. The van der Waals surface area contributed by atoms with E-state index in [-0.39, 0.29) is 16.4 Å². The lowest BCUT2D eigenvalue weighted by Crippen LogP contribution is -2.56. The van der Waals surface area contributed by atoms with Crippen LogP contribution < -0.4 is 27.3 Å². The first kappa shape index (κ1) is 18.6. The quantitative estimate of drug-likeness (QED) is 0.398. The Morgan fingerprint density at radius 3 is 1.87 bits per heavy atom. The van der Waals surface area contributed by atoms with Gasteiger partial charge in [0.05, 0.1) is 11.0 Å². The van der Waals surface area contributed by atoms with Crippen molar-refractivity contribution in [1.82, 2.24) is 9.55 Å². The standard InChI is InChI=1S/C24H11B5N2/c25-19-20(26)22(28)24(23(29)21(19)27)31-17-8-4-2-6-12(17)14-9-16-13(10-18(14)31)11-5-1-3-7-15(11)30-16/h1-10,30H. The zero-order valence-electron chi connectivity index (χ0n) is 16.6. The molecule has 132 valence electrons. The zero-order valence-corrected chi connectivity index (χ0v) is 16.6. The van der Waals surface area contributed by atoms with Crippen LogP contribution in [-0.4, -0.2) is 48.8 Å². The molecule has 2 heterocycles. The molecule has 0 saturated carbocycles. The van der Waals surface area contributed by atoms with Gasteiger partial charge in [0.1, 0.15) is 39.2 Å². The molecule has 2 aromatic heterocycles. The summed E-state index contributed by atoms with van der Waals surface area (Å²) in [5, 5.41) is 4.41. The van der Waals surface area contributed by atoms with Crippen molar-refractivity contribution in [3.05, 3.63) is 60.7 Å². The van der Waals surface area contributed by atoms with Crippen LogP contribution in [0.4, 0.5) is 0 Å². The SMILES string of the molecule is [B]c1c([B])c([B])c(-n2c3ccccc3c3cc4[nH]c5ccccc5c4cc32)c([B])c1[B]. The summed E-state index contributed by atoms with van der Waals surface area (Å²) in [6.07, 6.45) is 0. The van der Waals surface area contributed by atoms with Gasteiger partial charge < -0.3 is 9.55 Å². The van der Waals surface area contributed by atoms with Crippen molar-refractivity contribution >= 4 is 110 Å². The molecular formula is C24H11B5N2. The maximum absolute atomic E-state index is 6.44. The molecule has 0 aliphatic rings. The van der Waals surface area contributed by atoms with E-state index in [1.165, 1.54) is 0 Å². The molecule has 0 bridgehead atoms. The lowest BCUT2D eigenvalue weighted by Gasteiger charge is -2.23. The molecule has 4 aromatic carbocycles. The summed E-state index contributed by atoms with van der Waals surface area (Å²) in [5.74, 6) is 0. The largest absolute Gasteiger partial charge is 0.354 e. The first-order valence-electron chi connectivity index (χ1n) is 9.92. The van der Waals surface area contributed by atoms with E-state index in [2.05, 4.69) is 35.3 Å². The Kier molecular flexibility index (Phi) is 3.83. The van der Waals surface area contributed by atoms with Crippen LogP contribution in [0.5, 0.6) is 0 Å². The summed E-state index contributed by atoms with van der Waals surface area (Å²) in [5.41, 5.74) is 5.92. The fraction of sp³-hybridized carbons (Fsp3) is 0. The number of aromatic nitrogens is 2. The predicted molar refractivity (Wildman–Crippen MR) is 137 cm³/mol. The number of nitrogens with one attached hydrogen (secondary N) is 1. The molecule has 0 aliphatic carbocycles. The smallest absolute Gasteiger partial charge is 0.115 e. The monoisotopic (exact) mass is 382 g/mol. The van der Waals surface area contributed by atoms with Crippen LogP contribution in [0.25, 0.3) is 49.3 Å². The summed E-state index contributed by atoms with van der Waals surface area (Å²) in [4.78, 5) is 3.52. The Hall–Kier alpha value is -3.20. The van der Waals surface area contributed by atoms with Crippen molar-refractivity contribution in [2.24, 2.45) is 0 Å². The number of rotatable bonds is 1. The average molecular weight is 381 g/mol. The van der Waals surface area contributed by atoms with E-state index in [0.29, 0.717) is 16.6 Å². The minimum absolute atomic E-state index is 0.207. The molecule has 7 heteroatoms. The van der Waals surface area contributed by atoms with E-state index in [0.717, 1.165) is 43.6 Å². The van der Waals surface area contributed by atoms with Crippen molar-refractivity contribution in [3.8, 4) is 5.69 Å². The second kappa shape index (κ2) is 6.40. The van der Waals surface area contributed by atoms with Gasteiger partial charge in [0.25, 0.3) is 0 Å². The molecule has 10 radical (unpaired) electrons. The number of aromatic amines is 1. The van der Waals surface area contributed by atoms with Gasteiger partial charge >= 0.3 is 0 Å². The predicted octanol–water partition coefficient (Wildman–Crippen LogP) is 0.387. The molecule has 6 rings (SSSR count). The van der Waals surface area contributed by atoms with Gasteiger partial charge in [0, 0.05) is 38.3 Å². The molecule has 0 amide bonds. The third-order valence-corrected chi connectivity index (χ3v) is 6.19. The molecular weight excluding hydrogens is 370 g/mol. The second-order valence-corrected chi connectivity index (χ2v) is 7.86. The topological polar surface area (TPSA) is 20.7 Å². The molecule has 2 nitrogen and oxygen atoms in total. The number of hydrogen-bond acceptors (Lipinski definition) is 0. The van der Waals surface area contributed by atoms with Gasteiger partial charge in [0.15, 0.2) is 0 Å². The molecule has 0 fully saturated rings. The van der Waals surface area contributed by atoms with Crippen LogP contribution in [-0.2, 0) is 0 Å². The van der Waals surface area contributed by atoms with E-state index in [1.807, 2.05) is 34.9 Å². The molecule has 0 saturated heterocycles. The van der Waals surface area contributed by atoms with Gasteiger partial charge in [-0.3, -0.25) is 0 Å². The van der Waals surface area contributed by atoms with Crippen LogP contribution in [0.3, 0.4) is 0 Å².